The predicted molar refractivity (Wildman–Crippen MR) is 41.8 cm³/mol. The molecule has 64 valence electrons. The molecule has 0 aromatic heterocycles. The van der Waals surface area contributed by atoms with Crippen LogP contribution in [0, 0.1) is 16.7 Å². The molecule has 0 fully saturated rings. The van der Waals surface area contributed by atoms with Gasteiger partial charge in [0.25, 0.3) is 0 Å². The molecule has 0 saturated carbocycles. The van der Waals surface area contributed by atoms with E-state index in [1.165, 1.54) is 0 Å². The van der Waals surface area contributed by atoms with Gasteiger partial charge < -0.3 is 9.47 Å². The van der Waals surface area contributed by atoms with Gasteiger partial charge in [0.2, 0.25) is 0 Å². The molecule has 0 bridgehead atoms. The van der Waals surface area contributed by atoms with Crippen molar-refractivity contribution in [3.05, 3.63) is 0 Å². The summed E-state index contributed by atoms with van der Waals surface area (Å²) in [6.45, 7) is 3.72. The summed E-state index contributed by atoms with van der Waals surface area (Å²) in [6, 6.07) is 2.18. The van der Waals surface area contributed by atoms with E-state index >= 15 is 0 Å². The van der Waals surface area contributed by atoms with Crippen LogP contribution in [-0.4, -0.2) is 20.5 Å². The molecule has 0 aliphatic carbocycles. The van der Waals surface area contributed by atoms with Crippen LogP contribution < -0.4 is 0 Å². The minimum Gasteiger partial charge on any atom is -0.356 e. The Labute approximate surface area is 67.9 Å². The fourth-order valence-electron chi connectivity index (χ4n) is 0.725. The summed E-state index contributed by atoms with van der Waals surface area (Å²) in [7, 11) is 3.14. The van der Waals surface area contributed by atoms with Crippen LogP contribution in [0.1, 0.15) is 20.3 Å². The lowest BCUT2D eigenvalue weighted by atomic mass is 9.91. The number of hydrogen-bond acceptors (Lipinski definition) is 3. The molecule has 0 aromatic carbocycles. The van der Waals surface area contributed by atoms with E-state index in [0.29, 0.717) is 6.42 Å². The Bertz CT molecular complexity index is 145. The molecule has 0 atom stereocenters. The lowest BCUT2D eigenvalue weighted by Gasteiger charge is -2.20. The van der Waals surface area contributed by atoms with Crippen molar-refractivity contribution in [2.24, 2.45) is 5.41 Å². The molecule has 0 aliphatic heterocycles. The fourth-order valence-corrected chi connectivity index (χ4v) is 0.725. The molecule has 0 N–H and O–H groups in total. The molecular weight excluding hydrogens is 142 g/mol. The van der Waals surface area contributed by atoms with E-state index in [-0.39, 0.29) is 11.7 Å². The van der Waals surface area contributed by atoms with Gasteiger partial charge in [-0.15, -0.1) is 0 Å². The Hall–Kier alpha value is -0.590. The summed E-state index contributed by atoms with van der Waals surface area (Å²) in [5.74, 6) is 0. The predicted octanol–water partition coefficient (Wildman–Crippen LogP) is 1.55. The van der Waals surface area contributed by atoms with Crippen molar-refractivity contribution in [1.82, 2.24) is 0 Å². The maximum atomic E-state index is 8.67. The molecule has 0 aliphatic rings. The first-order valence-electron chi connectivity index (χ1n) is 3.52. The normalized spacial score (nSPS) is 11.6. The molecule has 0 radical (unpaired) electrons. The summed E-state index contributed by atoms with van der Waals surface area (Å²) in [4.78, 5) is 0. The highest BCUT2D eigenvalue weighted by molar-refractivity contribution is 4.92. The summed E-state index contributed by atoms with van der Waals surface area (Å²) < 4.78 is 9.93. The molecular formula is C8H15NO2. The third kappa shape index (κ3) is 3.97. The Morgan fingerprint density at radius 1 is 1.36 bits per heavy atom. The fraction of sp³-hybridized carbons (Fsp3) is 0.875. The Balaban J connectivity index is 3.92. The summed E-state index contributed by atoms with van der Waals surface area (Å²) in [5, 5.41) is 8.67. The van der Waals surface area contributed by atoms with Crippen molar-refractivity contribution >= 4 is 0 Å². The van der Waals surface area contributed by atoms with Crippen molar-refractivity contribution < 1.29 is 9.47 Å². The Kier molecular flexibility index (Phi) is 4.09. The quantitative estimate of drug-likeness (QED) is 0.581. The maximum Gasteiger partial charge on any atom is 0.158 e. The van der Waals surface area contributed by atoms with Gasteiger partial charge in [0.05, 0.1) is 11.5 Å². The molecule has 11 heavy (non-hydrogen) atoms. The van der Waals surface area contributed by atoms with Crippen LogP contribution in [0.4, 0.5) is 0 Å². The number of ether oxygens (including phenoxy) is 2. The van der Waals surface area contributed by atoms with Gasteiger partial charge in [-0.25, -0.2) is 0 Å². The minimum atomic E-state index is -0.378. The zero-order chi connectivity index (χ0) is 8.91. The van der Waals surface area contributed by atoms with Gasteiger partial charge in [0, 0.05) is 20.6 Å². The van der Waals surface area contributed by atoms with E-state index in [2.05, 4.69) is 6.07 Å². The van der Waals surface area contributed by atoms with Gasteiger partial charge in [-0.05, 0) is 13.8 Å². The Morgan fingerprint density at radius 3 is 2.09 bits per heavy atom. The molecule has 3 nitrogen and oxygen atoms in total. The smallest absolute Gasteiger partial charge is 0.158 e. The van der Waals surface area contributed by atoms with E-state index in [9.17, 15) is 0 Å². The molecule has 0 saturated heterocycles. The topological polar surface area (TPSA) is 42.2 Å². The largest absolute Gasteiger partial charge is 0.356 e. The van der Waals surface area contributed by atoms with E-state index < -0.39 is 0 Å². The third-order valence-corrected chi connectivity index (χ3v) is 1.51. The number of hydrogen-bond donors (Lipinski definition) is 0. The van der Waals surface area contributed by atoms with Crippen LogP contribution in [0.5, 0.6) is 0 Å². The average Bonchev–Trinajstić information content (AvgIpc) is 2.00. The second kappa shape index (κ2) is 4.32. The molecule has 0 spiro atoms. The molecule has 0 aromatic rings. The summed E-state index contributed by atoms with van der Waals surface area (Å²) in [5.41, 5.74) is -0.378. The first kappa shape index (κ1) is 10.4. The lowest BCUT2D eigenvalue weighted by Crippen LogP contribution is -2.22. The van der Waals surface area contributed by atoms with Crippen molar-refractivity contribution in [2.75, 3.05) is 14.2 Å². The van der Waals surface area contributed by atoms with Gasteiger partial charge in [0.15, 0.2) is 6.29 Å². The first-order valence-corrected chi connectivity index (χ1v) is 3.52. The van der Waals surface area contributed by atoms with Gasteiger partial charge in [-0.1, -0.05) is 0 Å². The molecule has 0 rings (SSSR count). The van der Waals surface area contributed by atoms with Crippen LogP contribution in [0.2, 0.25) is 0 Å². The number of nitrogens with zero attached hydrogens (tertiary/aromatic N) is 1. The minimum absolute atomic E-state index is 0.273. The first-order chi connectivity index (χ1) is 5.05. The van der Waals surface area contributed by atoms with Crippen LogP contribution in [0.3, 0.4) is 0 Å². The highest BCUT2D eigenvalue weighted by Gasteiger charge is 2.22. The van der Waals surface area contributed by atoms with E-state index in [4.69, 9.17) is 14.7 Å². The molecule has 0 amide bonds. The average molecular weight is 157 g/mol. The van der Waals surface area contributed by atoms with Crippen molar-refractivity contribution in [1.29, 1.82) is 5.26 Å². The Morgan fingerprint density at radius 2 is 1.82 bits per heavy atom. The van der Waals surface area contributed by atoms with Crippen LogP contribution >= 0.6 is 0 Å². The maximum absolute atomic E-state index is 8.67. The van der Waals surface area contributed by atoms with Gasteiger partial charge in [-0.3, -0.25) is 0 Å². The van der Waals surface area contributed by atoms with Gasteiger partial charge >= 0.3 is 0 Å². The van der Waals surface area contributed by atoms with Crippen LogP contribution in [-0.2, 0) is 9.47 Å². The summed E-state index contributed by atoms with van der Waals surface area (Å²) >= 11 is 0. The van der Waals surface area contributed by atoms with Crippen LogP contribution in [0.15, 0.2) is 0 Å². The zero-order valence-corrected chi connectivity index (χ0v) is 7.55. The second-order valence-corrected chi connectivity index (χ2v) is 3.10. The number of methoxy groups -OCH3 is 2. The van der Waals surface area contributed by atoms with Crippen molar-refractivity contribution in [2.45, 2.75) is 26.6 Å². The molecule has 0 heterocycles. The van der Waals surface area contributed by atoms with Gasteiger partial charge in [0.1, 0.15) is 0 Å². The van der Waals surface area contributed by atoms with Gasteiger partial charge in [-0.2, -0.15) is 5.26 Å². The molecule has 3 heteroatoms. The highest BCUT2D eigenvalue weighted by atomic mass is 16.7. The van der Waals surface area contributed by atoms with E-state index in [1.807, 2.05) is 13.8 Å². The van der Waals surface area contributed by atoms with Crippen molar-refractivity contribution in [3.8, 4) is 6.07 Å². The third-order valence-electron chi connectivity index (χ3n) is 1.51. The standard InChI is InChI=1S/C8H15NO2/c1-8(2,6-9)5-7(10-3)11-4/h7H,5H2,1-4H3. The highest BCUT2D eigenvalue weighted by Crippen LogP contribution is 2.22. The number of rotatable bonds is 4. The van der Waals surface area contributed by atoms with E-state index in [0.717, 1.165) is 0 Å². The number of nitriles is 1. The molecule has 0 unspecified atom stereocenters. The SMILES string of the molecule is COC(CC(C)(C)C#N)OC. The van der Waals surface area contributed by atoms with Crippen molar-refractivity contribution in [3.63, 3.8) is 0 Å². The monoisotopic (exact) mass is 157 g/mol. The van der Waals surface area contributed by atoms with E-state index in [1.54, 1.807) is 14.2 Å². The lowest BCUT2D eigenvalue weighted by molar-refractivity contribution is -0.117. The zero-order valence-electron chi connectivity index (χ0n) is 7.55. The second-order valence-electron chi connectivity index (χ2n) is 3.10. The van der Waals surface area contributed by atoms with Crippen LogP contribution in [0.25, 0.3) is 0 Å². The summed E-state index contributed by atoms with van der Waals surface area (Å²) in [6.07, 6.45) is 0.320.